The van der Waals surface area contributed by atoms with E-state index in [4.69, 9.17) is 21.6 Å². The summed E-state index contributed by atoms with van der Waals surface area (Å²) in [6.45, 7) is 2.58. The Morgan fingerprint density at radius 2 is 2.12 bits per heavy atom. The van der Waals surface area contributed by atoms with Gasteiger partial charge >= 0.3 is 0 Å². The molecule has 2 aromatic rings. The van der Waals surface area contributed by atoms with E-state index in [0.717, 1.165) is 16.3 Å². The fraction of sp³-hybridized carbons (Fsp3) is 0.167. The number of nitriles is 1. The average Bonchev–Trinajstić information content (AvgIpc) is 2.72. The molecule has 0 amide bonds. The summed E-state index contributed by atoms with van der Waals surface area (Å²) in [6.07, 6.45) is 0. The van der Waals surface area contributed by atoms with Gasteiger partial charge in [-0.1, -0.05) is 11.6 Å². The van der Waals surface area contributed by atoms with Gasteiger partial charge in [-0.25, -0.2) is 4.98 Å². The highest BCUT2D eigenvalue weighted by Crippen LogP contribution is 2.31. The molecule has 17 heavy (non-hydrogen) atoms. The lowest BCUT2D eigenvalue weighted by Crippen LogP contribution is -1.90. The topological polar surface area (TPSA) is 45.9 Å². The zero-order chi connectivity index (χ0) is 12.3. The Kier molecular flexibility index (Phi) is 3.62. The van der Waals surface area contributed by atoms with Gasteiger partial charge in [-0.15, -0.1) is 11.3 Å². The molecular formula is C12H9ClN2OS. The van der Waals surface area contributed by atoms with Crippen molar-refractivity contribution in [1.29, 1.82) is 5.26 Å². The summed E-state index contributed by atoms with van der Waals surface area (Å²) in [5, 5.41) is 9.82. The molecule has 0 spiro atoms. The second kappa shape index (κ2) is 5.17. The van der Waals surface area contributed by atoms with Gasteiger partial charge in [0.15, 0.2) is 5.15 Å². The van der Waals surface area contributed by atoms with Gasteiger partial charge in [0, 0.05) is 5.56 Å². The van der Waals surface area contributed by atoms with Crippen molar-refractivity contribution in [2.24, 2.45) is 0 Å². The van der Waals surface area contributed by atoms with E-state index in [0.29, 0.717) is 11.5 Å². The number of hydrogen-bond acceptors (Lipinski definition) is 4. The molecule has 0 unspecified atom stereocenters. The smallest absolute Gasteiger partial charge is 0.158 e. The Morgan fingerprint density at radius 1 is 1.41 bits per heavy atom. The van der Waals surface area contributed by atoms with Crippen LogP contribution < -0.4 is 4.74 Å². The van der Waals surface area contributed by atoms with Crippen LogP contribution in [0.1, 0.15) is 11.8 Å². The fourth-order valence-electron chi connectivity index (χ4n) is 1.35. The third-order valence-electron chi connectivity index (χ3n) is 2.10. The molecule has 0 bridgehead atoms. The zero-order valence-electron chi connectivity index (χ0n) is 9.11. The van der Waals surface area contributed by atoms with E-state index in [1.807, 2.05) is 37.3 Å². The maximum absolute atomic E-state index is 8.81. The Hall–Kier alpha value is -1.57. The van der Waals surface area contributed by atoms with Gasteiger partial charge in [0.2, 0.25) is 0 Å². The van der Waals surface area contributed by atoms with Gasteiger partial charge in [-0.3, -0.25) is 0 Å². The minimum atomic E-state index is 0.265. The number of rotatable bonds is 3. The molecule has 3 nitrogen and oxygen atoms in total. The maximum Gasteiger partial charge on any atom is 0.158 e. The molecule has 0 N–H and O–H groups in total. The molecule has 0 saturated heterocycles. The molecule has 1 aromatic heterocycles. The van der Waals surface area contributed by atoms with E-state index in [1.54, 1.807) is 0 Å². The predicted octanol–water partition coefficient (Wildman–Crippen LogP) is 3.73. The third-order valence-corrected chi connectivity index (χ3v) is 3.49. The van der Waals surface area contributed by atoms with Crippen LogP contribution in [0.3, 0.4) is 0 Å². The molecule has 0 aliphatic heterocycles. The van der Waals surface area contributed by atoms with Crippen LogP contribution in [0, 0.1) is 11.3 Å². The molecular weight excluding hydrogens is 256 g/mol. The van der Waals surface area contributed by atoms with Crippen LogP contribution in [-0.2, 0) is 0 Å². The summed E-state index contributed by atoms with van der Waals surface area (Å²) < 4.78 is 5.35. The number of hydrogen-bond donors (Lipinski definition) is 0. The summed E-state index contributed by atoms with van der Waals surface area (Å²) in [7, 11) is 0. The first-order valence-electron chi connectivity index (χ1n) is 5.04. The van der Waals surface area contributed by atoms with Crippen molar-refractivity contribution >= 4 is 22.9 Å². The number of thiazole rings is 1. The van der Waals surface area contributed by atoms with Gasteiger partial charge in [-0.05, 0) is 31.2 Å². The highest BCUT2D eigenvalue weighted by atomic mass is 35.5. The molecule has 0 saturated carbocycles. The quantitative estimate of drug-likeness (QED) is 0.848. The van der Waals surface area contributed by atoms with E-state index in [-0.39, 0.29) is 5.15 Å². The number of nitrogens with zero attached hydrogens (tertiary/aromatic N) is 2. The largest absolute Gasteiger partial charge is 0.494 e. The average molecular weight is 265 g/mol. The SMILES string of the molecule is CCOc1ccc(-c2nc(Cl)c(C#N)s2)cc1. The normalized spacial score (nSPS) is 9.94. The lowest BCUT2D eigenvalue weighted by molar-refractivity contribution is 0.340. The van der Waals surface area contributed by atoms with E-state index in [9.17, 15) is 0 Å². The summed E-state index contributed by atoms with van der Waals surface area (Å²) in [6, 6.07) is 9.57. The minimum Gasteiger partial charge on any atom is -0.494 e. The highest BCUT2D eigenvalue weighted by Gasteiger charge is 2.10. The molecule has 0 radical (unpaired) electrons. The third kappa shape index (κ3) is 2.57. The number of aromatic nitrogens is 1. The van der Waals surface area contributed by atoms with Crippen molar-refractivity contribution in [3.63, 3.8) is 0 Å². The standard InChI is InChI=1S/C12H9ClN2OS/c1-2-16-9-5-3-8(4-6-9)12-15-11(13)10(7-14)17-12/h3-6H,2H2,1H3. The van der Waals surface area contributed by atoms with E-state index in [1.165, 1.54) is 11.3 Å². The van der Waals surface area contributed by atoms with Crippen LogP contribution in [-0.4, -0.2) is 11.6 Å². The zero-order valence-corrected chi connectivity index (χ0v) is 10.7. The predicted molar refractivity (Wildman–Crippen MR) is 68.4 cm³/mol. The molecule has 1 aromatic carbocycles. The van der Waals surface area contributed by atoms with Gasteiger partial charge in [0.25, 0.3) is 0 Å². The van der Waals surface area contributed by atoms with Crippen molar-refractivity contribution in [2.45, 2.75) is 6.92 Å². The summed E-state index contributed by atoms with van der Waals surface area (Å²) >= 11 is 7.11. The van der Waals surface area contributed by atoms with Gasteiger partial charge in [0.05, 0.1) is 6.61 Å². The van der Waals surface area contributed by atoms with Crippen molar-refractivity contribution in [3.05, 3.63) is 34.3 Å². The number of benzene rings is 1. The van der Waals surface area contributed by atoms with Crippen LogP contribution in [0.4, 0.5) is 0 Å². The summed E-state index contributed by atoms with van der Waals surface area (Å²) in [4.78, 5) is 4.59. The number of halogens is 1. The first-order valence-corrected chi connectivity index (χ1v) is 6.23. The van der Waals surface area contributed by atoms with E-state index in [2.05, 4.69) is 4.98 Å². The molecule has 0 aliphatic carbocycles. The Morgan fingerprint density at radius 3 is 2.65 bits per heavy atom. The van der Waals surface area contributed by atoms with Gasteiger partial charge < -0.3 is 4.74 Å². The Labute approximate surface area is 108 Å². The Balaban J connectivity index is 2.30. The van der Waals surface area contributed by atoms with Crippen molar-refractivity contribution in [1.82, 2.24) is 4.98 Å². The first kappa shape index (κ1) is 11.9. The molecule has 0 atom stereocenters. The van der Waals surface area contributed by atoms with Crippen molar-refractivity contribution < 1.29 is 4.74 Å². The molecule has 1 heterocycles. The molecule has 2 rings (SSSR count). The molecule has 5 heteroatoms. The number of ether oxygens (including phenoxy) is 1. The lowest BCUT2D eigenvalue weighted by Gasteiger charge is -2.02. The van der Waals surface area contributed by atoms with Gasteiger partial charge in [-0.2, -0.15) is 5.26 Å². The molecule has 86 valence electrons. The highest BCUT2D eigenvalue weighted by molar-refractivity contribution is 7.16. The van der Waals surface area contributed by atoms with Gasteiger partial charge in [0.1, 0.15) is 21.7 Å². The maximum atomic E-state index is 8.81. The lowest BCUT2D eigenvalue weighted by atomic mass is 10.2. The monoisotopic (exact) mass is 264 g/mol. The fourth-order valence-corrected chi connectivity index (χ4v) is 2.41. The first-order chi connectivity index (χ1) is 8.24. The van der Waals surface area contributed by atoms with Crippen molar-refractivity contribution in [3.8, 4) is 22.4 Å². The van der Waals surface area contributed by atoms with Crippen LogP contribution >= 0.6 is 22.9 Å². The van der Waals surface area contributed by atoms with E-state index < -0.39 is 0 Å². The molecule has 0 fully saturated rings. The van der Waals surface area contributed by atoms with Crippen LogP contribution in [0.25, 0.3) is 10.6 Å². The van der Waals surface area contributed by atoms with Crippen LogP contribution in [0.5, 0.6) is 5.75 Å². The molecule has 0 aliphatic rings. The van der Waals surface area contributed by atoms with Crippen molar-refractivity contribution in [2.75, 3.05) is 6.61 Å². The van der Waals surface area contributed by atoms with Crippen LogP contribution in [0.2, 0.25) is 5.15 Å². The Bertz CT molecular complexity index is 557. The second-order valence-corrected chi connectivity index (χ2v) is 4.57. The summed E-state index contributed by atoms with van der Waals surface area (Å²) in [5.74, 6) is 0.819. The van der Waals surface area contributed by atoms with E-state index >= 15 is 0 Å². The van der Waals surface area contributed by atoms with Crippen LogP contribution in [0.15, 0.2) is 24.3 Å². The summed E-state index contributed by atoms with van der Waals surface area (Å²) in [5.41, 5.74) is 0.932. The second-order valence-electron chi connectivity index (χ2n) is 3.21. The minimum absolute atomic E-state index is 0.265.